The molecule has 134 valence electrons. The van der Waals surface area contributed by atoms with E-state index in [1.165, 1.54) is 24.3 Å². The normalized spacial score (nSPS) is 12.3. The van der Waals surface area contributed by atoms with Crippen molar-refractivity contribution in [1.82, 2.24) is 0 Å². The highest BCUT2D eigenvalue weighted by molar-refractivity contribution is 7.90. The number of nitrogens with zero attached hydrogens (tertiary/aromatic N) is 1. The van der Waals surface area contributed by atoms with Crippen molar-refractivity contribution in [3.05, 3.63) is 54.1 Å². The molecule has 0 heterocycles. The smallest absolute Gasteiger partial charge is 0.387 e. The molecule has 2 rings (SSSR count). The van der Waals surface area contributed by atoms with Gasteiger partial charge in [0.1, 0.15) is 5.75 Å². The summed E-state index contributed by atoms with van der Waals surface area (Å²) < 4.78 is 51.5. The van der Waals surface area contributed by atoms with Gasteiger partial charge in [0.2, 0.25) is 0 Å². The van der Waals surface area contributed by atoms with Crippen LogP contribution in [0.4, 0.5) is 14.5 Å². The molecule has 25 heavy (non-hydrogen) atoms. The molecule has 0 amide bonds. The fourth-order valence-electron chi connectivity index (χ4n) is 2.09. The summed E-state index contributed by atoms with van der Waals surface area (Å²) in [4.78, 5) is 0.229. The van der Waals surface area contributed by atoms with Crippen LogP contribution in [0.1, 0.15) is 18.9 Å². The highest BCUT2D eigenvalue weighted by atomic mass is 32.2. The Balaban J connectivity index is 2.12. The van der Waals surface area contributed by atoms with Crippen LogP contribution in [0.5, 0.6) is 5.75 Å². The first-order valence-electron chi connectivity index (χ1n) is 7.47. The van der Waals surface area contributed by atoms with E-state index in [9.17, 15) is 17.2 Å². The Morgan fingerprint density at radius 3 is 2.20 bits per heavy atom. The maximum absolute atomic E-state index is 12.2. The highest BCUT2D eigenvalue weighted by Gasteiger charge is 2.07. The van der Waals surface area contributed by atoms with Gasteiger partial charge in [0.25, 0.3) is 0 Å². The first kappa shape index (κ1) is 18.9. The number of rotatable bonds is 7. The molecule has 0 aromatic heterocycles. The molecule has 5 nitrogen and oxygen atoms in total. The lowest BCUT2D eigenvalue weighted by atomic mass is 10.1. The average molecular weight is 368 g/mol. The summed E-state index contributed by atoms with van der Waals surface area (Å²) in [6.45, 7) is -0.946. The van der Waals surface area contributed by atoms with Crippen molar-refractivity contribution >= 4 is 21.2 Å². The molecule has 0 saturated heterocycles. The highest BCUT2D eigenvalue weighted by Crippen LogP contribution is 2.17. The van der Waals surface area contributed by atoms with Gasteiger partial charge in [0.05, 0.1) is 16.3 Å². The van der Waals surface area contributed by atoms with Crippen molar-refractivity contribution in [2.24, 2.45) is 5.10 Å². The van der Waals surface area contributed by atoms with E-state index in [1.54, 1.807) is 24.3 Å². The molecular formula is C17H18F2N2O3S. The molecule has 0 aliphatic rings. The largest absolute Gasteiger partial charge is 0.435 e. The minimum absolute atomic E-state index is 0.0820. The Bertz CT molecular complexity index is 833. The lowest BCUT2D eigenvalue weighted by Gasteiger charge is -2.08. The standard InChI is InChI=1S/C17H18F2N2O3S/c1-3-16(12-4-8-14(9-5-12)24-17(18)19)21-20-13-6-10-15(11-7-13)25(2,22)23/h4-11,17,20H,3H2,1-2H3/b21-16+. The summed E-state index contributed by atoms with van der Waals surface area (Å²) in [6.07, 6.45) is 1.76. The quantitative estimate of drug-likeness (QED) is 0.594. The topological polar surface area (TPSA) is 67.8 Å². The van der Waals surface area contributed by atoms with Crippen molar-refractivity contribution in [2.45, 2.75) is 24.9 Å². The number of halogens is 2. The first-order valence-corrected chi connectivity index (χ1v) is 9.36. The molecule has 2 aromatic rings. The second-order valence-corrected chi connectivity index (χ2v) is 7.24. The van der Waals surface area contributed by atoms with Crippen LogP contribution in [-0.2, 0) is 9.84 Å². The number of hydrazone groups is 1. The van der Waals surface area contributed by atoms with Gasteiger partial charge in [-0.05, 0) is 60.5 Å². The Labute approximate surface area is 145 Å². The van der Waals surface area contributed by atoms with Crippen molar-refractivity contribution in [1.29, 1.82) is 0 Å². The van der Waals surface area contributed by atoms with E-state index in [-0.39, 0.29) is 10.6 Å². The molecular weight excluding hydrogens is 350 g/mol. The average Bonchev–Trinajstić information content (AvgIpc) is 2.56. The third kappa shape index (κ3) is 5.53. The number of sulfone groups is 1. The third-order valence-corrected chi connectivity index (χ3v) is 4.48. The lowest BCUT2D eigenvalue weighted by Crippen LogP contribution is -2.05. The zero-order chi connectivity index (χ0) is 18.4. The van der Waals surface area contributed by atoms with E-state index < -0.39 is 16.4 Å². The van der Waals surface area contributed by atoms with Gasteiger partial charge in [-0.2, -0.15) is 13.9 Å². The molecule has 0 fully saturated rings. The monoisotopic (exact) mass is 368 g/mol. The first-order chi connectivity index (χ1) is 11.8. The van der Waals surface area contributed by atoms with Gasteiger partial charge in [-0.15, -0.1) is 0 Å². The van der Waals surface area contributed by atoms with Crippen LogP contribution in [0.15, 0.2) is 58.5 Å². The lowest BCUT2D eigenvalue weighted by molar-refractivity contribution is -0.0498. The minimum atomic E-state index is -3.24. The molecule has 8 heteroatoms. The predicted octanol–water partition coefficient (Wildman–Crippen LogP) is 3.92. The van der Waals surface area contributed by atoms with Gasteiger partial charge in [-0.25, -0.2) is 8.42 Å². The molecule has 0 radical (unpaired) electrons. The maximum atomic E-state index is 12.2. The Morgan fingerprint density at radius 2 is 1.72 bits per heavy atom. The second kappa shape index (κ2) is 8.06. The van der Waals surface area contributed by atoms with E-state index >= 15 is 0 Å². The van der Waals surface area contributed by atoms with Crippen LogP contribution in [0.3, 0.4) is 0 Å². The van der Waals surface area contributed by atoms with Gasteiger partial charge in [0, 0.05) is 6.26 Å². The number of nitrogens with one attached hydrogen (secondary N) is 1. The van der Waals surface area contributed by atoms with Crippen molar-refractivity contribution in [3.63, 3.8) is 0 Å². The number of hydrogen-bond donors (Lipinski definition) is 1. The van der Waals surface area contributed by atoms with Gasteiger partial charge < -0.3 is 4.74 Å². The zero-order valence-corrected chi connectivity index (χ0v) is 14.6. The SMILES string of the molecule is CC/C(=N\Nc1ccc(S(C)(=O)=O)cc1)c1ccc(OC(F)F)cc1. The molecule has 0 spiro atoms. The third-order valence-electron chi connectivity index (χ3n) is 3.35. The number of alkyl halides is 2. The molecule has 0 bridgehead atoms. The van der Waals surface area contributed by atoms with Gasteiger partial charge in [0.15, 0.2) is 9.84 Å². The van der Waals surface area contributed by atoms with E-state index in [0.29, 0.717) is 12.1 Å². The number of ether oxygens (including phenoxy) is 1. The van der Waals surface area contributed by atoms with Crippen molar-refractivity contribution < 1.29 is 21.9 Å². The van der Waals surface area contributed by atoms with E-state index in [2.05, 4.69) is 15.3 Å². The zero-order valence-electron chi connectivity index (χ0n) is 13.7. The summed E-state index contributed by atoms with van der Waals surface area (Å²) in [6, 6.07) is 12.4. The van der Waals surface area contributed by atoms with Crippen LogP contribution >= 0.6 is 0 Å². The summed E-state index contributed by atoms with van der Waals surface area (Å²) in [5, 5.41) is 4.29. The Kier molecular flexibility index (Phi) is 6.08. The fraction of sp³-hybridized carbons (Fsp3) is 0.235. The van der Waals surface area contributed by atoms with Gasteiger partial charge >= 0.3 is 6.61 Å². The number of anilines is 1. The second-order valence-electron chi connectivity index (χ2n) is 5.22. The van der Waals surface area contributed by atoms with Gasteiger partial charge in [-0.1, -0.05) is 6.92 Å². The van der Waals surface area contributed by atoms with E-state index in [4.69, 9.17) is 0 Å². The maximum Gasteiger partial charge on any atom is 0.387 e. The number of hydrogen-bond acceptors (Lipinski definition) is 5. The molecule has 1 N–H and O–H groups in total. The molecule has 0 saturated carbocycles. The predicted molar refractivity (Wildman–Crippen MR) is 93.1 cm³/mol. The molecule has 0 unspecified atom stereocenters. The minimum Gasteiger partial charge on any atom is -0.435 e. The van der Waals surface area contributed by atoms with E-state index in [0.717, 1.165) is 17.5 Å². The van der Waals surface area contributed by atoms with Crippen molar-refractivity contribution in [3.8, 4) is 5.75 Å². The summed E-state index contributed by atoms with van der Waals surface area (Å²) >= 11 is 0. The van der Waals surface area contributed by atoms with Crippen LogP contribution in [0.25, 0.3) is 0 Å². The molecule has 0 aliphatic heterocycles. The van der Waals surface area contributed by atoms with Crippen LogP contribution < -0.4 is 10.2 Å². The molecule has 2 aromatic carbocycles. The molecule has 0 aliphatic carbocycles. The Morgan fingerprint density at radius 1 is 1.12 bits per heavy atom. The summed E-state index contributed by atoms with van der Waals surface area (Å²) in [5.74, 6) is 0.0820. The fourth-order valence-corrected chi connectivity index (χ4v) is 2.72. The van der Waals surface area contributed by atoms with Crippen LogP contribution in [0.2, 0.25) is 0 Å². The van der Waals surface area contributed by atoms with E-state index in [1.807, 2.05) is 6.92 Å². The van der Waals surface area contributed by atoms with Crippen LogP contribution in [0, 0.1) is 0 Å². The van der Waals surface area contributed by atoms with Crippen LogP contribution in [-0.4, -0.2) is 27.0 Å². The Hall–Kier alpha value is -2.48. The summed E-state index contributed by atoms with van der Waals surface area (Å²) in [5.41, 5.74) is 4.98. The van der Waals surface area contributed by atoms with Crippen molar-refractivity contribution in [2.75, 3.05) is 11.7 Å². The molecule has 0 atom stereocenters. The number of benzene rings is 2. The summed E-state index contributed by atoms with van der Waals surface area (Å²) in [7, 11) is -3.24. The van der Waals surface area contributed by atoms with Gasteiger partial charge in [-0.3, -0.25) is 5.43 Å².